The summed E-state index contributed by atoms with van der Waals surface area (Å²) < 4.78 is 12.9. The quantitative estimate of drug-likeness (QED) is 0.653. The Hall–Kier alpha value is -2.82. The SMILES string of the molecule is O=C1c2c(OCc3ccccc3)c(=O)ccn2N(C(=O)SCCCO)[C@H]2COCCN1C2. The summed E-state index contributed by atoms with van der Waals surface area (Å²) >= 11 is 1.05. The number of benzene rings is 1. The van der Waals surface area contributed by atoms with Gasteiger partial charge in [0.1, 0.15) is 6.61 Å². The van der Waals surface area contributed by atoms with E-state index in [9.17, 15) is 14.4 Å². The first-order valence-corrected chi connectivity index (χ1v) is 11.4. The normalized spacial score (nSPS) is 18.0. The molecule has 2 bridgehead atoms. The molecule has 4 rings (SSSR count). The van der Waals surface area contributed by atoms with E-state index in [-0.39, 0.29) is 42.4 Å². The summed E-state index contributed by atoms with van der Waals surface area (Å²) in [6.45, 7) is 1.36. The first-order chi connectivity index (χ1) is 15.6. The molecule has 2 aliphatic rings. The lowest BCUT2D eigenvalue weighted by atomic mass is 10.2. The molecule has 170 valence electrons. The van der Waals surface area contributed by atoms with Gasteiger partial charge >= 0.3 is 5.24 Å². The van der Waals surface area contributed by atoms with Gasteiger partial charge in [0.15, 0.2) is 11.4 Å². The van der Waals surface area contributed by atoms with E-state index in [1.165, 1.54) is 21.9 Å². The van der Waals surface area contributed by atoms with Crippen molar-refractivity contribution < 1.29 is 24.2 Å². The summed E-state index contributed by atoms with van der Waals surface area (Å²) in [6, 6.07) is 10.2. The molecule has 0 unspecified atom stereocenters. The molecule has 0 saturated carbocycles. The van der Waals surface area contributed by atoms with E-state index in [1.54, 1.807) is 4.90 Å². The highest BCUT2D eigenvalue weighted by molar-refractivity contribution is 8.13. The second kappa shape index (κ2) is 10.2. The summed E-state index contributed by atoms with van der Waals surface area (Å²) in [4.78, 5) is 41.0. The van der Waals surface area contributed by atoms with Gasteiger partial charge in [0.05, 0.1) is 19.3 Å². The van der Waals surface area contributed by atoms with Crippen LogP contribution in [0.4, 0.5) is 4.79 Å². The van der Waals surface area contributed by atoms with Crippen molar-refractivity contribution >= 4 is 22.9 Å². The molecular formula is C22H25N3O6S. The Labute approximate surface area is 189 Å². The van der Waals surface area contributed by atoms with E-state index in [4.69, 9.17) is 14.6 Å². The average molecular weight is 460 g/mol. The Kier molecular flexibility index (Phi) is 7.13. The lowest BCUT2D eigenvalue weighted by molar-refractivity contribution is 0.0728. The van der Waals surface area contributed by atoms with Crippen molar-refractivity contribution in [2.45, 2.75) is 19.1 Å². The molecule has 0 spiro atoms. The molecule has 2 aliphatic heterocycles. The number of aliphatic hydroxyl groups excluding tert-OH is 1. The maximum absolute atomic E-state index is 13.5. The van der Waals surface area contributed by atoms with Crippen molar-refractivity contribution in [2.24, 2.45) is 0 Å². The molecule has 9 nitrogen and oxygen atoms in total. The molecule has 10 heteroatoms. The van der Waals surface area contributed by atoms with Crippen molar-refractivity contribution in [2.75, 3.05) is 43.7 Å². The van der Waals surface area contributed by atoms with Gasteiger partial charge in [-0.2, -0.15) is 0 Å². The fourth-order valence-corrected chi connectivity index (χ4v) is 4.55. The number of nitrogens with zero attached hydrogens (tertiary/aromatic N) is 3. The fraction of sp³-hybridized carbons (Fsp3) is 0.409. The van der Waals surface area contributed by atoms with Crippen molar-refractivity contribution in [1.29, 1.82) is 0 Å². The number of aromatic nitrogens is 1. The van der Waals surface area contributed by atoms with Crippen LogP contribution in [0.3, 0.4) is 0 Å². The van der Waals surface area contributed by atoms with Gasteiger partial charge in [-0.15, -0.1) is 0 Å². The molecular weight excluding hydrogens is 434 g/mol. The monoisotopic (exact) mass is 459 g/mol. The summed E-state index contributed by atoms with van der Waals surface area (Å²) in [5.41, 5.74) is 0.467. The van der Waals surface area contributed by atoms with Gasteiger partial charge in [0, 0.05) is 37.7 Å². The number of rotatable bonds is 6. The average Bonchev–Trinajstić information content (AvgIpc) is 3.11. The fourth-order valence-electron chi connectivity index (χ4n) is 3.73. The van der Waals surface area contributed by atoms with Crippen LogP contribution in [0.2, 0.25) is 0 Å². The van der Waals surface area contributed by atoms with Gasteiger partial charge < -0.3 is 19.5 Å². The molecule has 1 aromatic heterocycles. The third kappa shape index (κ3) is 4.67. The molecule has 32 heavy (non-hydrogen) atoms. The van der Waals surface area contributed by atoms with E-state index in [0.29, 0.717) is 31.9 Å². The molecule has 0 aliphatic carbocycles. The molecule has 1 aromatic carbocycles. The number of carbonyl (C=O) groups excluding carboxylic acids is 2. The van der Waals surface area contributed by atoms with Crippen LogP contribution in [0, 0.1) is 0 Å². The zero-order valence-corrected chi connectivity index (χ0v) is 18.3. The van der Waals surface area contributed by atoms with E-state index in [1.807, 2.05) is 30.3 Å². The van der Waals surface area contributed by atoms with Crippen LogP contribution in [-0.4, -0.2) is 70.5 Å². The summed E-state index contributed by atoms with van der Waals surface area (Å²) in [5.74, 6) is -0.0205. The minimum atomic E-state index is -0.424. The van der Waals surface area contributed by atoms with E-state index < -0.39 is 11.5 Å². The molecule has 2 aromatic rings. The number of ether oxygens (including phenoxy) is 2. The maximum atomic E-state index is 13.5. The van der Waals surface area contributed by atoms with Crippen LogP contribution in [-0.2, 0) is 11.3 Å². The van der Waals surface area contributed by atoms with E-state index in [0.717, 1.165) is 17.3 Å². The minimum absolute atomic E-state index is 0.0141. The number of carbonyl (C=O) groups is 2. The smallest absolute Gasteiger partial charge is 0.300 e. The van der Waals surface area contributed by atoms with Gasteiger partial charge in [0.2, 0.25) is 5.43 Å². The van der Waals surface area contributed by atoms with E-state index >= 15 is 0 Å². The Morgan fingerprint density at radius 2 is 2.03 bits per heavy atom. The molecule has 2 amide bonds. The molecule has 1 atom stereocenters. The van der Waals surface area contributed by atoms with Crippen molar-refractivity contribution in [1.82, 2.24) is 9.58 Å². The number of pyridine rings is 1. The Morgan fingerprint density at radius 1 is 1.22 bits per heavy atom. The van der Waals surface area contributed by atoms with Crippen molar-refractivity contribution in [3.63, 3.8) is 0 Å². The van der Waals surface area contributed by atoms with Crippen molar-refractivity contribution in [3.05, 3.63) is 64.1 Å². The number of amides is 2. The van der Waals surface area contributed by atoms with Crippen LogP contribution in [0.15, 0.2) is 47.4 Å². The van der Waals surface area contributed by atoms with Crippen molar-refractivity contribution in [3.8, 4) is 5.75 Å². The second-order valence-corrected chi connectivity index (χ2v) is 8.54. The third-order valence-corrected chi connectivity index (χ3v) is 6.22. The van der Waals surface area contributed by atoms with Crippen LogP contribution < -0.4 is 15.2 Å². The van der Waals surface area contributed by atoms with Crippen LogP contribution in [0.25, 0.3) is 0 Å². The first-order valence-electron chi connectivity index (χ1n) is 10.5. The Morgan fingerprint density at radius 3 is 2.81 bits per heavy atom. The summed E-state index contributed by atoms with van der Waals surface area (Å²) in [6.07, 6.45) is 1.91. The largest absolute Gasteiger partial charge is 0.482 e. The van der Waals surface area contributed by atoms with Gasteiger partial charge in [-0.1, -0.05) is 42.1 Å². The predicted molar refractivity (Wildman–Crippen MR) is 120 cm³/mol. The van der Waals surface area contributed by atoms with Crippen LogP contribution >= 0.6 is 11.8 Å². The van der Waals surface area contributed by atoms with Crippen LogP contribution in [0.1, 0.15) is 22.5 Å². The minimum Gasteiger partial charge on any atom is -0.482 e. The van der Waals surface area contributed by atoms with Crippen LogP contribution in [0.5, 0.6) is 5.75 Å². The Bertz CT molecular complexity index is 1030. The number of fused-ring (bicyclic) bond motifs is 3. The summed E-state index contributed by atoms with van der Waals surface area (Å²) in [5, 5.41) is 10.2. The van der Waals surface area contributed by atoms with Gasteiger partial charge in [-0.05, 0) is 12.0 Å². The molecule has 3 heterocycles. The predicted octanol–water partition coefficient (Wildman–Crippen LogP) is 1.46. The lowest BCUT2D eigenvalue weighted by Gasteiger charge is -2.31. The summed E-state index contributed by atoms with van der Waals surface area (Å²) in [7, 11) is 0. The maximum Gasteiger partial charge on any atom is 0.300 e. The van der Waals surface area contributed by atoms with Gasteiger partial charge in [-0.3, -0.25) is 14.4 Å². The van der Waals surface area contributed by atoms with Gasteiger partial charge in [0.25, 0.3) is 5.91 Å². The lowest BCUT2D eigenvalue weighted by Crippen LogP contribution is -2.51. The Balaban J connectivity index is 1.75. The standard InChI is InChI=1S/C22H25N3O6S/c26-10-4-12-32-22(29)25-17-13-23(9-11-30-15-17)21(28)19-20(18(27)7-8-24(19)25)31-14-16-5-2-1-3-6-16/h1-3,5-8,17,26H,4,9-15H2/t17-/m1/s1. The highest BCUT2D eigenvalue weighted by Crippen LogP contribution is 2.26. The zero-order valence-electron chi connectivity index (χ0n) is 17.5. The van der Waals surface area contributed by atoms with E-state index in [2.05, 4.69) is 0 Å². The first kappa shape index (κ1) is 22.4. The zero-order chi connectivity index (χ0) is 22.5. The highest BCUT2D eigenvalue weighted by atomic mass is 32.2. The molecule has 1 N–H and O–H groups in total. The molecule has 0 radical (unpaired) electrons. The molecule has 1 saturated heterocycles. The number of hydrogen-bond acceptors (Lipinski definition) is 7. The number of thioether (sulfide) groups is 1. The molecule has 1 fully saturated rings. The topological polar surface area (TPSA) is 101 Å². The number of hydrogen-bond donors (Lipinski definition) is 1. The van der Waals surface area contributed by atoms with Gasteiger partial charge in [-0.25, -0.2) is 9.69 Å². The highest BCUT2D eigenvalue weighted by Gasteiger charge is 2.39. The number of aliphatic hydroxyl groups is 1. The third-order valence-electron chi connectivity index (χ3n) is 5.29. The second-order valence-electron chi connectivity index (χ2n) is 7.49.